The van der Waals surface area contributed by atoms with Crippen molar-refractivity contribution in [2.75, 3.05) is 20.2 Å². The second-order valence-corrected chi connectivity index (χ2v) is 5.84. The van der Waals surface area contributed by atoms with Gasteiger partial charge >= 0.3 is 6.61 Å². The van der Waals surface area contributed by atoms with Crippen LogP contribution < -0.4 is 15.2 Å². The molecule has 1 aromatic rings. The largest absolute Gasteiger partial charge is 0.493 e. The molecule has 2 N–H and O–H groups in total. The van der Waals surface area contributed by atoms with Crippen LogP contribution in [0, 0.1) is 5.92 Å². The third kappa shape index (κ3) is 5.79. The Balaban J connectivity index is 0.00000264. The van der Waals surface area contributed by atoms with E-state index in [1.807, 2.05) is 0 Å². The summed E-state index contributed by atoms with van der Waals surface area (Å²) in [5.41, 5.74) is 6.97. The van der Waals surface area contributed by atoms with Crippen molar-refractivity contribution in [3.05, 3.63) is 23.8 Å². The monoisotopic (exact) mass is 350 g/mol. The van der Waals surface area contributed by atoms with Gasteiger partial charge in [0, 0.05) is 12.6 Å². The minimum atomic E-state index is -2.85. The lowest BCUT2D eigenvalue weighted by molar-refractivity contribution is -0.0512. The Labute approximate surface area is 142 Å². The van der Waals surface area contributed by atoms with E-state index in [2.05, 4.69) is 16.6 Å². The zero-order chi connectivity index (χ0) is 16.1. The molecule has 1 aliphatic rings. The highest BCUT2D eigenvalue weighted by molar-refractivity contribution is 5.85. The number of halogens is 3. The molecule has 1 saturated heterocycles. The van der Waals surface area contributed by atoms with Crippen LogP contribution in [0.25, 0.3) is 0 Å². The molecule has 0 aromatic heterocycles. The summed E-state index contributed by atoms with van der Waals surface area (Å²) >= 11 is 0. The van der Waals surface area contributed by atoms with Crippen molar-refractivity contribution in [1.82, 2.24) is 4.90 Å². The first-order chi connectivity index (χ1) is 10.5. The van der Waals surface area contributed by atoms with Gasteiger partial charge in [0.2, 0.25) is 0 Å². The van der Waals surface area contributed by atoms with E-state index in [1.165, 1.54) is 13.2 Å². The van der Waals surface area contributed by atoms with Crippen LogP contribution in [0.3, 0.4) is 0 Å². The molecule has 0 spiro atoms. The predicted molar refractivity (Wildman–Crippen MR) is 88.5 cm³/mol. The number of alkyl halides is 2. The number of hydrogen-bond acceptors (Lipinski definition) is 4. The Morgan fingerprint density at radius 2 is 1.91 bits per heavy atom. The van der Waals surface area contributed by atoms with Crippen LogP contribution in [0.4, 0.5) is 8.78 Å². The van der Waals surface area contributed by atoms with E-state index in [-0.39, 0.29) is 24.2 Å². The Morgan fingerprint density at radius 1 is 1.26 bits per heavy atom. The molecule has 1 atom stereocenters. The van der Waals surface area contributed by atoms with E-state index in [0.717, 1.165) is 38.0 Å². The summed E-state index contributed by atoms with van der Waals surface area (Å²) in [6.45, 7) is 1.99. The zero-order valence-electron chi connectivity index (χ0n) is 13.5. The summed E-state index contributed by atoms with van der Waals surface area (Å²) in [4.78, 5) is 2.35. The average molecular weight is 351 g/mol. The first-order valence-corrected chi connectivity index (χ1v) is 7.59. The standard InChI is InChI=1S/C16H24F2N2O2.ClH/c1-11(19)13-5-7-20(8-6-13)10-12-3-4-14(22-16(17)18)15(9-12)21-2;/h3-4,9,11,13,16H,5-8,10,19H2,1-2H3;1H. The molecule has 23 heavy (non-hydrogen) atoms. The second kappa shape index (κ2) is 9.25. The van der Waals surface area contributed by atoms with Crippen LogP contribution in [0.15, 0.2) is 18.2 Å². The highest BCUT2D eigenvalue weighted by Crippen LogP contribution is 2.30. The van der Waals surface area contributed by atoms with Crippen molar-refractivity contribution in [1.29, 1.82) is 0 Å². The fraction of sp³-hybridized carbons (Fsp3) is 0.625. The van der Waals surface area contributed by atoms with Crippen molar-refractivity contribution in [3.8, 4) is 11.5 Å². The molecule has 0 saturated carbocycles. The van der Waals surface area contributed by atoms with Gasteiger partial charge < -0.3 is 15.2 Å². The second-order valence-electron chi connectivity index (χ2n) is 5.84. The summed E-state index contributed by atoms with van der Waals surface area (Å²) in [7, 11) is 1.45. The van der Waals surface area contributed by atoms with Gasteiger partial charge in [0.1, 0.15) is 0 Å². The lowest BCUT2D eigenvalue weighted by atomic mass is 9.91. The molecule has 0 amide bonds. The lowest BCUT2D eigenvalue weighted by Gasteiger charge is -2.33. The fourth-order valence-corrected chi connectivity index (χ4v) is 2.90. The van der Waals surface area contributed by atoms with Gasteiger partial charge in [-0.3, -0.25) is 4.90 Å². The van der Waals surface area contributed by atoms with Crippen molar-refractivity contribution in [2.45, 2.75) is 39.0 Å². The number of ether oxygens (including phenoxy) is 2. The molecule has 132 valence electrons. The SMILES string of the molecule is COc1cc(CN2CCC(C(C)N)CC2)ccc1OC(F)F.Cl. The minimum absolute atomic E-state index is 0. The maximum atomic E-state index is 12.3. The first kappa shape index (κ1) is 19.9. The maximum absolute atomic E-state index is 12.3. The number of likely N-dealkylation sites (tertiary alicyclic amines) is 1. The summed E-state index contributed by atoms with van der Waals surface area (Å²) in [5.74, 6) is 0.993. The molecule has 0 bridgehead atoms. The maximum Gasteiger partial charge on any atom is 0.387 e. The summed E-state index contributed by atoms with van der Waals surface area (Å²) < 4.78 is 34.2. The Bertz CT molecular complexity index is 481. The van der Waals surface area contributed by atoms with Crippen LogP contribution in [0.2, 0.25) is 0 Å². The third-order valence-electron chi connectivity index (χ3n) is 4.23. The predicted octanol–water partition coefficient (Wildman–Crippen LogP) is 3.28. The molecule has 1 aromatic carbocycles. The van der Waals surface area contributed by atoms with E-state index < -0.39 is 6.61 Å². The van der Waals surface area contributed by atoms with Gasteiger partial charge in [-0.05, 0) is 56.5 Å². The summed E-state index contributed by atoms with van der Waals surface area (Å²) in [6.07, 6.45) is 2.20. The van der Waals surface area contributed by atoms with Gasteiger partial charge in [-0.25, -0.2) is 0 Å². The first-order valence-electron chi connectivity index (χ1n) is 7.59. The number of benzene rings is 1. The highest BCUT2D eigenvalue weighted by Gasteiger charge is 2.22. The van der Waals surface area contributed by atoms with E-state index in [9.17, 15) is 8.78 Å². The molecule has 1 unspecified atom stereocenters. The number of nitrogens with zero attached hydrogens (tertiary/aromatic N) is 1. The van der Waals surface area contributed by atoms with Crippen molar-refractivity contribution in [2.24, 2.45) is 11.7 Å². The van der Waals surface area contributed by atoms with Crippen LogP contribution >= 0.6 is 12.4 Å². The molecular formula is C16H25ClF2N2O2. The van der Waals surface area contributed by atoms with E-state index >= 15 is 0 Å². The highest BCUT2D eigenvalue weighted by atomic mass is 35.5. The van der Waals surface area contributed by atoms with E-state index in [0.29, 0.717) is 11.7 Å². The number of rotatable bonds is 6. The number of piperidine rings is 1. The molecule has 2 rings (SSSR count). The Morgan fingerprint density at radius 3 is 2.43 bits per heavy atom. The quantitative estimate of drug-likeness (QED) is 0.855. The molecular weight excluding hydrogens is 326 g/mol. The van der Waals surface area contributed by atoms with Gasteiger partial charge in [0.15, 0.2) is 11.5 Å². The minimum Gasteiger partial charge on any atom is -0.493 e. The molecule has 0 aliphatic carbocycles. The van der Waals surface area contributed by atoms with Crippen LogP contribution in [-0.4, -0.2) is 37.8 Å². The Hall–Kier alpha value is -1.11. The van der Waals surface area contributed by atoms with Gasteiger partial charge in [-0.2, -0.15) is 8.78 Å². The van der Waals surface area contributed by atoms with Crippen LogP contribution in [-0.2, 0) is 6.54 Å². The Kier molecular flexibility index (Phi) is 8.02. The molecule has 1 fully saturated rings. The average Bonchev–Trinajstić information content (AvgIpc) is 2.49. The van der Waals surface area contributed by atoms with Crippen LogP contribution in [0.1, 0.15) is 25.3 Å². The van der Waals surface area contributed by atoms with Crippen molar-refractivity contribution in [3.63, 3.8) is 0 Å². The molecule has 0 radical (unpaired) electrons. The molecule has 7 heteroatoms. The van der Waals surface area contributed by atoms with Crippen molar-refractivity contribution >= 4 is 12.4 Å². The molecule has 1 aliphatic heterocycles. The lowest BCUT2D eigenvalue weighted by Crippen LogP contribution is -2.39. The van der Waals surface area contributed by atoms with Crippen LogP contribution in [0.5, 0.6) is 11.5 Å². The topological polar surface area (TPSA) is 47.7 Å². The van der Waals surface area contributed by atoms with Gasteiger partial charge in [-0.15, -0.1) is 12.4 Å². The fourth-order valence-electron chi connectivity index (χ4n) is 2.90. The van der Waals surface area contributed by atoms with Gasteiger partial charge in [0.05, 0.1) is 7.11 Å². The van der Waals surface area contributed by atoms with E-state index in [1.54, 1.807) is 12.1 Å². The summed E-state index contributed by atoms with van der Waals surface area (Å²) in [5, 5.41) is 0. The van der Waals surface area contributed by atoms with Gasteiger partial charge in [0.25, 0.3) is 0 Å². The normalized spacial score (nSPS) is 17.7. The zero-order valence-corrected chi connectivity index (χ0v) is 14.3. The third-order valence-corrected chi connectivity index (χ3v) is 4.23. The number of methoxy groups -OCH3 is 1. The van der Waals surface area contributed by atoms with Crippen molar-refractivity contribution < 1.29 is 18.3 Å². The molecule has 1 heterocycles. The number of hydrogen-bond donors (Lipinski definition) is 1. The van der Waals surface area contributed by atoms with Gasteiger partial charge in [-0.1, -0.05) is 6.07 Å². The van der Waals surface area contributed by atoms with E-state index in [4.69, 9.17) is 10.5 Å². The smallest absolute Gasteiger partial charge is 0.387 e. The summed E-state index contributed by atoms with van der Waals surface area (Å²) in [6, 6.07) is 5.34. The number of nitrogens with two attached hydrogens (primary N) is 1. The molecule has 4 nitrogen and oxygen atoms in total.